The molecule has 0 unspecified atom stereocenters. The van der Waals surface area contributed by atoms with Gasteiger partial charge in [-0.15, -0.1) is 0 Å². The number of nitrogens with zero attached hydrogens (tertiary/aromatic N) is 3. The smallest absolute Gasteiger partial charge is 0.337 e. The Hall–Kier alpha value is -3.35. The van der Waals surface area contributed by atoms with E-state index in [4.69, 9.17) is 4.98 Å². The molecular formula is C28H32N4O3. The lowest BCUT2D eigenvalue weighted by molar-refractivity contribution is -0.111. The predicted molar refractivity (Wildman–Crippen MR) is 137 cm³/mol. The molecular weight excluding hydrogens is 440 g/mol. The van der Waals surface area contributed by atoms with E-state index in [-0.39, 0.29) is 17.2 Å². The van der Waals surface area contributed by atoms with Gasteiger partial charge in [-0.3, -0.25) is 9.20 Å². The van der Waals surface area contributed by atoms with Crippen LogP contribution in [-0.4, -0.2) is 33.6 Å². The molecule has 2 aliphatic carbocycles. The molecule has 1 aromatic carbocycles. The van der Waals surface area contributed by atoms with Gasteiger partial charge in [0.15, 0.2) is 0 Å². The molecule has 7 heteroatoms. The van der Waals surface area contributed by atoms with E-state index >= 15 is 0 Å². The molecule has 0 radical (unpaired) electrons. The molecule has 3 aliphatic rings. The zero-order valence-corrected chi connectivity index (χ0v) is 20.6. The molecule has 2 aromatic heterocycles. The summed E-state index contributed by atoms with van der Waals surface area (Å²) in [6.07, 6.45) is 8.66. The van der Waals surface area contributed by atoms with Crippen molar-refractivity contribution in [3.05, 3.63) is 69.1 Å². The Labute approximate surface area is 204 Å². The fraction of sp³-hybridized carbons (Fsp3) is 0.464. The van der Waals surface area contributed by atoms with Crippen LogP contribution in [0.25, 0.3) is 5.65 Å². The van der Waals surface area contributed by atoms with Crippen LogP contribution in [0.15, 0.2) is 41.3 Å². The second kappa shape index (κ2) is 7.57. The lowest BCUT2D eigenvalue weighted by Crippen LogP contribution is -2.67. The predicted octanol–water partition coefficient (Wildman–Crippen LogP) is 4.95. The number of pyridine rings is 1. The van der Waals surface area contributed by atoms with Crippen molar-refractivity contribution in [2.45, 2.75) is 58.9 Å². The molecule has 35 heavy (non-hydrogen) atoms. The van der Waals surface area contributed by atoms with Gasteiger partial charge in [0, 0.05) is 36.0 Å². The molecule has 0 bridgehead atoms. The molecule has 6 rings (SSSR count). The first kappa shape index (κ1) is 22.1. The van der Waals surface area contributed by atoms with Crippen LogP contribution >= 0.6 is 0 Å². The number of hydrogen-bond acceptors (Lipinski definition) is 5. The van der Waals surface area contributed by atoms with Gasteiger partial charge in [-0.1, -0.05) is 18.6 Å². The minimum absolute atomic E-state index is 0.0434. The first-order chi connectivity index (χ1) is 16.7. The van der Waals surface area contributed by atoms with Crippen molar-refractivity contribution in [1.29, 1.82) is 0 Å². The maximum Gasteiger partial charge on any atom is 0.337 e. The summed E-state index contributed by atoms with van der Waals surface area (Å²) in [6, 6.07) is 8.66. The molecule has 2 N–H and O–H groups in total. The van der Waals surface area contributed by atoms with E-state index in [0.29, 0.717) is 27.7 Å². The highest BCUT2D eigenvalue weighted by Crippen LogP contribution is 2.67. The monoisotopic (exact) mass is 472 g/mol. The number of rotatable bonds is 5. The van der Waals surface area contributed by atoms with Gasteiger partial charge < -0.3 is 15.3 Å². The third kappa shape index (κ3) is 3.43. The molecule has 1 aliphatic heterocycles. The Morgan fingerprint density at radius 2 is 1.86 bits per heavy atom. The van der Waals surface area contributed by atoms with Crippen LogP contribution in [0.2, 0.25) is 0 Å². The van der Waals surface area contributed by atoms with Gasteiger partial charge in [-0.05, 0) is 75.6 Å². The highest BCUT2D eigenvalue weighted by Gasteiger charge is 2.61. The second-order valence-corrected chi connectivity index (χ2v) is 11.3. The van der Waals surface area contributed by atoms with Crippen molar-refractivity contribution in [2.24, 2.45) is 10.8 Å². The third-order valence-electron chi connectivity index (χ3n) is 8.55. The molecule has 3 aromatic rings. The van der Waals surface area contributed by atoms with Gasteiger partial charge >= 0.3 is 5.97 Å². The number of benzene rings is 1. The average molecular weight is 473 g/mol. The van der Waals surface area contributed by atoms with Crippen LogP contribution < -0.4 is 15.8 Å². The van der Waals surface area contributed by atoms with Crippen LogP contribution in [0, 0.1) is 24.7 Å². The van der Waals surface area contributed by atoms with Crippen LogP contribution in [0.4, 0.5) is 11.5 Å². The number of carbonyl (C=O) groups is 1. The largest absolute Gasteiger partial charge is 0.478 e. The van der Waals surface area contributed by atoms with E-state index in [1.807, 2.05) is 39.1 Å². The molecule has 182 valence electrons. The molecule has 3 heterocycles. The number of hydrogen-bond donors (Lipinski definition) is 2. The normalized spacial score (nSPS) is 20.3. The van der Waals surface area contributed by atoms with Gasteiger partial charge in [0.2, 0.25) is 0 Å². The van der Waals surface area contributed by atoms with Gasteiger partial charge in [-0.25, -0.2) is 9.78 Å². The fourth-order valence-electron chi connectivity index (χ4n) is 6.92. The summed E-state index contributed by atoms with van der Waals surface area (Å²) in [5, 5.41) is 12.9. The summed E-state index contributed by atoms with van der Waals surface area (Å²) in [6.45, 7) is 7.79. The Balaban J connectivity index is 1.34. The molecule has 2 saturated carbocycles. The number of carboxylic acids is 1. The first-order valence-electron chi connectivity index (χ1n) is 12.6. The number of carboxylic acid groups (broad SMARTS) is 1. The van der Waals surface area contributed by atoms with Crippen molar-refractivity contribution < 1.29 is 9.90 Å². The Bertz CT molecular complexity index is 1410. The molecule has 0 amide bonds. The quantitative estimate of drug-likeness (QED) is 0.546. The van der Waals surface area contributed by atoms with Crippen LogP contribution in [0.3, 0.4) is 0 Å². The topological polar surface area (TPSA) is 86.9 Å². The number of aromatic carboxylic acids is 1. The van der Waals surface area contributed by atoms with Gasteiger partial charge in [-0.2, -0.15) is 0 Å². The van der Waals surface area contributed by atoms with Crippen LogP contribution in [-0.2, 0) is 0 Å². The summed E-state index contributed by atoms with van der Waals surface area (Å²) in [7, 11) is 0. The van der Waals surface area contributed by atoms with Crippen molar-refractivity contribution >= 4 is 23.1 Å². The minimum atomic E-state index is -0.979. The van der Waals surface area contributed by atoms with Crippen molar-refractivity contribution in [1.82, 2.24) is 9.38 Å². The third-order valence-corrected chi connectivity index (χ3v) is 8.55. The zero-order chi connectivity index (χ0) is 24.5. The number of fused-ring (bicyclic) bond motifs is 1. The highest BCUT2D eigenvalue weighted by atomic mass is 16.4. The van der Waals surface area contributed by atoms with E-state index in [2.05, 4.69) is 10.2 Å². The SMILES string of the molecule is Cc1cc([C@@H](C)Nc2ccccc2C(=O)O)c2nc(N3CC4(C3)CC3(CCC3)C4)c(C)c(=O)n2c1. The standard InChI is InChI=1S/C28H32N4O3/c1-17-11-21(19(3)29-22-8-5-4-7-20(22)26(34)35)24-30-23(18(2)25(33)32(24)12-17)31-15-28(16-31)13-27(14-28)9-6-10-27/h4-5,7-8,11-12,19,29H,6,9-10,13-16H2,1-3H3,(H,34,35)/t19-/m1/s1. The van der Waals surface area contributed by atoms with Crippen molar-refractivity contribution in [3.63, 3.8) is 0 Å². The highest BCUT2D eigenvalue weighted by molar-refractivity contribution is 5.94. The zero-order valence-electron chi connectivity index (χ0n) is 20.6. The number of para-hydroxylation sites is 1. The average Bonchev–Trinajstić information content (AvgIpc) is 2.74. The molecule has 2 spiro atoms. The number of aryl methyl sites for hydroxylation is 1. The van der Waals surface area contributed by atoms with Gasteiger partial charge in [0.1, 0.15) is 11.5 Å². The van der Waals surface area contributed by atoms with Crippen molar-refractivity contribution in [3.8, 4) is 0 Å². The summed E-state index contributed by atoms with van der Waals surface area (Å²) in [5.74, 6) is -0.188. The van der Waals surface area contributed by atoms with E-state index in [1.54, 1.807) is 22.6 Å². The Kier molecular flexibility index (Phi) is 4.79. The lowest BCUT2D eigenvalue weighted by Gasteiger charge is -2.68. The summed E-state index contributed by atoms with van der Waals surface area (Å²) >= 11 is 0. The van der Waals surface area contributed by atoms with Crippen molar-refractivity contribution in [2.75, 3.05) is 23.3 Å². The molecule has 1 atom stereocenters. The fourth-order valence-corrected chi connectivity index (χ4v) is 6.92. The second-order valence-electron chi connectivity index (χ2n) is 11.3. The lowest BCUT2D eigenvalue weighted by atomic mass is 9.43. The Morgan fingerprint density at radius 1 is 1.14 bits per heavy atom. The van der Waals surface area contributed by atoms with E-state index < -0.39 is 5.97 Å². The van der Waals surface area contributed by atoms with Gasteiger partial charge in [0.25, 0.3) is 5.56 Å². The summed E-state index contributed by atoms with van der Waals surface area (Å²) < 4.78 is 1.65. The first-order valence-corrected chi connectivity index (χ1v) is 12.6. The van der Waals surface area contributed by atoms with E-state index in [1.165, 1.54) is 32.1 Å². The molecule has 1 saturated heterocycles. The minimum Gasteiger partial charge on any atom is -0.478 e. The number of aromatic nitrogens is 2. The Morgan fingerprint density at radius 3 is 2.51 bits per heavy atom. The summed E-state index contributed by atoms with van der Waals surface area (Å²) in [5.41, 5.74) is 4.90. The maximum atomic E-state index is 13.4. The molecule has 3 fully saturated rings. The van der Waals surface area contributed by atoms with E-state index in [0.717, 1.165) is 30.0 Å². The molecule has 7 nitrogen and oxygen atoms in total. The summed E-state index contributed by atoms with van der Waals surface area (Å²) in [4.78, 5) is 32.4. The number of anilines is 2. The van der Waals surface area contributed by atoms with Gasteiger partial charge in [0.05, 0.1) is 17.2 Å². The number of nitrogens with one attached hydrogen (secondary N) is 1. The van der Waals surface area contributed by atoms with Crippen LogP contribution in [0.5, 0.6) is 0 Å². The maximum absolute atomic E-state index is 13.4. The van der Waals surface area contributed by atoms with Crippen LogP contribution in [0.1, 0.15) is 72.1 Å². The van der Waals surface area contributed by atoms with E-state index in [9.17, 15) is 14.7 Å².